The minimum atomic E-state index is -5.08. The molecule has 0 spiro atoms. The lowest BCUT2D eigenvalue weighted by molar-refractivity contribution is -0.192. The molecule has 5 nitrogen and oxygen atoms in total. The fourth-order valence-corrected chi connectivity index (χ4v) is 1.48. The SMILES string of the molecule is CNc1cc(-c2cccnc2)nc(C(F)(F)F)c1.O=C(O)C(F)(F)F. The Morgan fingerprint density at radius 1 is 1.16 bits per heavy atom. The maximum atomic E-state index is 12.7. The lowest BCUT2D eigenvalue weighted by Gasteiger charge is -2.11. The van der Waals surface area contributed by atoms with Crippen LogP contribution >= 0.6 is 0 Å². The highest BCUT2D eigenvalue weighted by molar-refractivity contribution is 5.73. The average Bonchev–Trinajstić information content (AvgIpc) is 2.54. The monoisotopic (exact) mass is 367 g/mol. The number of carboxylic acids is 1. The van der Waals surface area contributed by atoms with Crippen molar-refractivity contribution in [2.45, 2.75) is 12.4 Å². The van der Waals surface area contributed by atoms with E-state index in [2.05, 4.69) is 15.3 Å². The van der Waals surface area contributed by atoms with E-state index >= 15 is 0 Å². The molecule has 0 radical (unpaired) electrons. The molecule has 0 saturated heterocycles. The second-order valence-corrected chi connectivity index (χ2v) is 4.42. The van der Waals surface area contributed by atoms with Crippen LogP contribution in [0.3, 0.4) is 0 Å². The van der Waals surface area contributed by atoms with Gasteiger partial charge >= 0.3 is 18.3 Å². The molecule has 0 aromatic carbocycles. The van der Waals surface area contributed by atoms with Crippen LogP contribution in [0.2, 0.25) is 0 Å². The number of anilines is 1. The van der Waals surface area contributed by atoms with Crippen molar-refractivity contribution in [2.24, 2.45) is 0 Å². The van der Waals surface area contributed by atoms with E-state index in [1.807, 2.05) is 0 Å². The predicted octanol–water partition coefficient (Wildman–Crippen LogP) is 3.84. The third kappa shape index (κ3) is 6.28. The third-order valence-corrected chi connectivity index (χ3v) is 2.60. The van der Waals surface area contributed by atoms with Crippen molar-refractivity contribution >= 4 is 11.7 Å². The van der Waals surface area contributed by atoms with Gasteiger partial charge < -0.3 is 10.4 Å². The summed E-state index contributed by atoms with van der Waals surface area (Å²) < 4.78 is 69.8. The first-order valence-electron chi connectivity index (χ1n) is 6.42. The molecule has 25 heavy (non-hydrogen) atoms. The summed E-state index contributed by atoms with van der Waals surface area (Å²) in [7, 11) is 1.56. The largest absolute Gasteiger partial charge is 0.490 e. The zero-order valence-electron chi connectivity index (χ0n) is 12.5. The molecule has 0 bridgehead atoms. The van der Waals surface area contributed by atoms with Gasteiger partial charge in [-0.25, -0.2) is 9.78 Å². The van der Waals surface area contributed by atoms with Gasteiger partial charge in [0.15, 0.2) is 0 Å². The van der Waals surface area contributed by atoms with Crippen LogP contribution in [0.1, 0.15) is 5.69 Å². The highest BCUT2D eigenvalue weighted by Gasteiger charge is 2.38. The number of halogens is 6. The van der Waals surface area contributed by atoms with Gasteiger partial charge in [0.1, 0.15) is 5.69 Å². The summed E-state index contributed by atoms with van der Waals surface area (Å²) in [5.74, 6) is -2.76. The molecule has 2 rings (SSSR count). The second-order valence-electron chi connectivity index (χ2n) is 4.42. The lowest BCUT2D eigenvalue weighted by Crippen LogP contribution is -2.21. The quantitative estimate of drug-likeness (QED) is 0.789. The molecular weight excluding hydrogens is 356 g/mol. The fraction of sp³-hybridized carbons (Fsp3) is 0.214. The van der Waals surface area contributed by atoms with Crippen LogP contribution in [0.5, 0.6) is 0 Å². The van der Waals surface area contributed by atoms with Crippen LogP contribution in [-0.4, -0.2) is 34.3 Å². The molecular formula is C14H11F6N3O2. The number of aromatic nitrogens is 2. The molecule has 0 atom stereocenters. The van der Waals surface area contributed by atoms with Gasteiger partial charge in [-0.05, 0) is 24.3 Å². The Balaban J connectivity index is 0.000000381. The number of nitrogens with zero attached hydrogens (tertiary/aromatic N) is 2. The van der Waals surface area contributed by atoms with E-state index in [9.17, 15) is 26.3 Å². The van der Waals surface area contributed by atoms with Crippen LogP contribution in [-0.2, 0) is 11.0 Å². The standard InChI is InChI=1S/C12H10F3N3.C2HF3O2/c1-16-9-5-10(8-3-2-4-17-7-8)18-11(6-9)12(13,14)15;3-2(4,5)1(6)7/h2-7H,1H3,(H,16,18);(H,6,7). The van der Waals surface area contributed by atoms with Crippen molar-refractivity contribution in [3.8, 4) is 11.3 Å². The topological polar surface area (TPSA) is 75.1 Å². The Labute approximate surface area is 137 Å². The molecule has 2 aromatic heterocycles. The summed E-state index contributed by atoms with van der Waals surface area (Å²) in [5.41, 5.74) is 0.215. The fourth-order valence-electron chi connectivity index (χ4n) is 1.48. The van der Waals surface area contributed by atoms with Crippen LogP contribution in [0.15, 0.2) is 36.7 Å². The van der Waals surface area contributed by atoms with E-state index in [4.69, 9.17) is 9.90 Å². The van der Waals surface area contributed by atoms with Crippen molar-refractivity contribution in [1.29, 1.82) is 0 Å². The van der Waals surface area contributed by atoms with Crippen molar-refractivity contribution in [1.82, 2.24) is 9.97 Å². The summed E-state index contributed by atoms with van der Waals surface area (Å²) in [4.78, 5) is 16.4. The normalized spacial score (nSPS) is 11.3. The Morgan fingerprint density at radius 2 is 1.76 bits per heavy atom. The predicted molar refractivity (Wildman–Crippen MR) is 75.7 cm³/mol. The summed E-state index contributed by atoms with van der Waals surface area (Å²) in [5, 5.41) is 9.81. The Hall–Kier alpha value is -2.85. The molecule has 0 saturated carbocycles. The van der Waals surface area contributed by atoms with Gasteiger partial charge in [-0.3, -0.25) is 4.98 Å². The number of pyridine rings is 2. The molecule has 2 heterocycles. The number of rotatable bonds is 2. The second kappa shape index (κ2) is 7.81. The molecule has 2 N–H and O–H groups in total. The number of hydrogen-bond acceptors (Lipinski definition) is 4. The van der Waals surface area contributed by atoms with Crippen molar-refractivity contribution in [3.63, 3.8) is 0 Å². The smallest absolute Gasteiger partial charge is 0.475 e. The Kier molecular flexibility index (Phi) is 6.31. The van der Waals surface area contributed by atoms with E-state index < -0.39 is 24.0 Å². The molecule has 0 aliphatic heterocycles. The number of hydrogen-bond donors (Lipinski definition) is 2. The molecule has 0 unspecified atom stereocenters. The number of aliphatic carboxylic acids is 1. The minimum Gasteiger partial charge on any atom is -0.475 e. The van der Waals surface area contributed by atoms with Gasteiger partial charge in [-0.1, -0.05) is 0 Å². The van der Waals surface area contributed by atoms with E-state index in [1.165, 1.54) is 6.20 Å². The third-order valence-electron chi connectivity index (χ3n) is 2.60. The average molecular weight is 367 g/mol. The molecule has 0 aliphatic rings. The number of carboxylic acid groups (broad SMARTS) is 1. The highest BCUT2D eigenvalue weighted by Crippen LogP contribution is 2.31. The number of carbonyl (C=O) groups is 1. The first kappa shape index (κ1) is 20.2. The first-order chi connectivity index (χ1) is 11.4. The van der Waals surface area contributed by atoms with Crippen molar-refractivity contribution in [2.75, 3.05) is 12.4 Å². The van der Waals surface area contributed by atoms with Crippen LogP contribution in [0.4, 0.5) is 32.0 Å². The van der Waals surface area contributed by atoms with E-state index in [0.717, 1.165) is 6.07 Å². The molecule has 0 amide bonds. The number of alkyl halides is 6. The van der Waals surface area contributed by atoms with Gasteiger partial charge in [0.25, 0.3) is 0 Å². The van der Waals surface area contributed by atoms with Crippen molar-refractivity contribution < 1.29 is 36.2 Å². The van der Waals surface area contributed by atoms with E-state index in [0.29, 0.717) is 11.3 Å². The summed E-state index contributed by atoms with van der Waals surface area (Å²) in [6, 6.07) is 5.83. The molecule has 0 aliphatic carbocycles. The lowest BCUT2D eigenvalue weighted by atomic mass is 10.1. The molecule has 136 valence electrons. The molecule has 11 heteroatoms. The first-order valence-corrected chi connectivity index (χ1v) is 6.42. The van der Waals surface area contributed by atoms with Gasteiger partial charge in [-0.2, -0.15) is 26.3 Å². The van der Waals surface area contributed by atoms with Gasteiger partial charge in [0.05, 0.1) is 5.69 Å². The van der Waals surface area contributed by atoms with Crippen LogP contribution in [0, 0.1) is 0 Å². The summed E-state index contributed by atoms with van der Waals surface area (Å²) in [6.07, 6.45) is -6.53. The minimum absolute atomic E-state index is 0.238. The zero-order chi connectivity index (χ0) is 19.3. The van der Waals surface area contributed by atoms with Gasteiger partial charge in [0, 0.05) is 30.7 Å². The number of nitrogens with one attached hydrogen (secondary N) is 1. The maximum absolute atomic E-state index is 12.7. The zero-order valence-corrected chi connectivity index (χ0v) is 12.5. The van der Waals surface area contributed by atoms with Crippen molar-refractivity contribution in [3.05, 3.63) is 42.4 Å². The van der Waals surface area contributed by atoms with Crippen LogP contribution in [0.25, 0.3) is 11.3 Å². The molecule has 0 fully saturated rings. The molecule has 2 aromatic rings. The van der Waals surface area contributed by atoms with E-state index in [1.54, 1.807) is 31.4 Å². The summed E-state index contributed by atoms with van der Waals surface area (Å²) >= 11 is 0. The Morgan fingerprint density at radius 3 is 2.16 bits per heavy atom. The van der Waals surface area contributed by atoms with Gasteiger partial charge in [0.2, 0.25) is 0 Å². The van der Waals surface area contributed by atoms with Crippen LogP contribution < -0.4 is 5.32 Å². The highest BCUT2D eigenvalue weighted by atomic mass is 19.4. The summed E-state index contributed by atoms with van der Waals surface area (Å²) in [6.45, 7) is 0. The van der Waals surface area contributed by atoms with E-state index in [-0.39, 0.29) is 5.69 Å². The van der Waals surface area contributed by atoms with Gasteiger partial charge in [-0.15, -0.1) is 0 Å². The maximum Gasteiger partial charge on any atom is 0.490 e. The Bertz CT molecular complexity index is 717.